The van der Waals surface area contributed by atoms with Crippen molar-refractivity contribution in [3.63, 3.8) is 0 Å². The van der Waals surface area contributed by atoms with E-state index in [2.05, 4.69) is 15.3 Å². The molecule has 1 saturated heterocycles. The third-order valence-electron chi connectivity index (χ3n) is 5.54. The minimum absolute atomic E-state index is 0.0387. The van der Waals surface area contributed by atoms with Gasteiger partial charge in [-0.1, -0.05) is 27.7 Å². The summed E-state index contributed by atoms with van der Waals surface area (Å²) in [5.41, 5.74) is -0.322. The van der Waals surface area contributed by atoms with Gasteiger partial charge >= 0.3 is 5.69 Å². The van der Waals surface area contributed by atoms with Crippen LogP contribution in [0.15, 0.2) is 15.7 Å². The van der Waals surface area contributed by atoms with Crippen LogP contribution in [0.2, 0.25) is 0 Å². The zero-order valence-electron chi connectivity index (χ0n) is 19.1. The molecule has 1 atom stereocenters. The van der Waals surface area contributed by atoms with Crippen LogP contribution in [0.25, 0.3) is 11.0 Å². The fraction of sp³-hybridized carbons (Fsp3) is 0.619. The Morgan fingerprint density at radius 3 is 2.56 bits per heavy atom. The van der Waals surface area contributed by atoms with Gasteiger partial charge in [0.05, 0.1) is 17.2 Å². The third-order valence-corrected chi connectivity index (χ3v) is 6.81. The lowest BCUT2D eigenvalue weighted by atomic mass is 10.0. The average Bonchev–Trinajstić information content (AvgIpc) is 2.69. The topological polar surface area (TPSA) is 134 Å². The number of amides is 1. The molecule has 0 radical (unpaired) electrons. The Balaban J connectivity index is 2.10. The lowest BCUT2D eigenvalue weighted by molar-refractivity contribution is 0.0923. The van der Waals surface area contributed by atoms with Gasteiger partial charge in [-0.05, 0) is 30.7 Å². The highest BCUT2D eigenvalue weighted by molar-refractivity contribution is 7.88. The van der Waals surface area contributed by atoms with Crippen LogP contribution in [0.1, 0.15) is 62.5 Å². The number of H-pyrrole nitrogens is 1. The number of aromatic amines is 1. The molecule has 2 aromatic rings. The van der Waals surface area contributed by atoms with Crippen LogP contribution in [-0.2, 0) is 16.6 Å². The Bertz CT molecular complexity index is 1250. The molecule has 3 rings (SSSR count). The highest BCUT2D eigenvalue weighted by Gasteiger charge is 2.28. The number of piperidine rings is 1. The first-order chi connectivity index (χ1) is 14.9. The lowest BCUT2D eigenvalue weighted by Gasteiger charge is -2.31. The second kappa shape index (κ2) is 9.14. The van der Waals surface area contributed by atoms with Crippen molar-refractivity contribution in [3.8, 4) is 0 Å². The van der Waals surface area contributed by atoms with E-state index in [1.807, 2.05) is 27.7 Å². The minimum atomic E-state index is -3.36. The van der Waals surface area contributed by atoms with Gasteiger partial charge in [0.25, 0.3) is 11.5 Å². The average molecular weight is 466 g/mol. The first-order valence-electron chi connectivity index (χ1n) is 10.8. The van der Waals surface area contributed by atoms with Gasteiger partial charge in [0, 0.05) is 31.4 Å². The van der Waals surface area contributed by atoms with Gasteiger partial charge in [0.1, 0.15) is 0 Å². The molecule has 2 N–H and O–H groups in total. The fourth-order valence-corrected chi connectivity index (χ4v) is 4.84. The summed E-state index contributed by atoms with van der Waals surface area (Å²) >= 11 is 0. The van der Waals surface area contributed by atoms with Gasteiger partial charge in [0.15, 0.2) is 5.65 Å². The van der Waals surface area contributed by atoms with Gasteiger partial charge in [-0.25, -0.2) is 22.5 Å². The van der Waals surface area contributed by atoms with E-state index in [4.69, 9.17) is 0 Å². The molecule has 1 aliphatic rings. The molecule has 1 unspecified atom stereocenters. The Morgan fingerprint density at radius 1 is 1.28 bits per heavy atom. The maximum Gasteiger partial charge on any atom is 0.330 e. The predicted octanol–water partition coefficient (Wildman–Crippen LogP) is 1.02. The molecule has 1 fully saturated rings. The van der Waals surface area contributed by atoms with E-state index in [9.17, 15) is 22.8 Å². The molecule has 11 heteroatoms. The first kappa shape index (κ1) is 24.1. The van der Waals surface area contributed by atoms with Gasteiger partial charge in [-0.3, -0.25) is 19.1 Å². The molecule has 0 bridgehead atoms. The lowest BCUT2D eigenvalue weighted by Crippen LogP contribution is -2.49. The van der Waals surface area contributed by atoms with Gasteiger partial charge in [-0.15, -0.1) is 0 Å². The van der Waals surface area contributed by atoms with Crippen LogP contribution >= 0.6 is 0 Å². The van der Waals surface area contributed by atoms with Gasteiger partial charge in [-0.2, -0.15) is 0 Å². The normalized spacial score (nSPS) is 17.9. The molecule has 10 nitrogen and oxygen atoms in total. The second-order valence-electron chi connectivity index (χ2n) is 9.15. The predicted molar refractivity (Wildman–Crippen MR) is 122 cm³/mol. The third kappa shape index (κ3) is 5.09. The fourth-order valence-electron chi connectivity index (χ4n) is 3.93. The summed E-state index contributed by atoms with van der Waals surface area (Å²) in [6, 6.07) is 1.20. The smallest absolute Gasteiger partial charge is 0.330 e. The number of carbonyl (C=O) groups excluding carboxylic acids is 1. The number of nitrogens with zero attached hydrogens (tertiary/aromatic N) is 3. The summed E-state index contributed by atoms with van der Waals surface area (Å²) in [5.74, 6) is -0.407. The highest BCUT2D eigenvalue weighted by Crippen LogP contribution is 2.21. The number of fused-ring (bicyclic) bond motifs is 1. The van der Waals surface area contributed by atoms with Crippen molar-refractivity contribution in [1.29, 1.82) is 0 Å². The van der Waals surface area contributed by atoms with E-state index in [0.717, 1.165) is 6.26 Å². The molecule has 0 spiro atoms. The Morgan fingerprint density at radius 2 is 1.97 bits per heavy atom. The number of carbonyl (C=O) groups is 1. The van der Waals surface area contributed by atoms with Crippen molar-refractivity contribution < 1.29 is 13.2 Å². The zero-order chi connectivity index (χ0) is 23.8. The van der Waals surface area contributed by atoms with Crippen LogP contribution in [-0.4, -0.2) is 58.6 Å². The summed E-state index contributed by atoms with van der Waals surface area (Å²) in [6.45, 7) is 8.66. The van der Waals surface area contributed by atoms with Crippen molar-refractivity contribution in [2.75, 3.05) is 19.3 Å². The van der Waals surface area contributed by atoms with Crippen molar-refractivity contribution >= 4 is 27.0 Å². The zero-order valence-corrected chi connectivity index (χ0v) is 20.0. The summed E-state index contributed by atoms with van der Waals surface area (Å²) < 4.78 is 26.6. The summed E-state index contributed by atoms with van der Waals surface area (Å²) in [7, 11) is -3.36. The van der Waals surface area contributed by atoms with Crippen LogP contribution < -0.4 is 16.6 Å². The van der Waals surface area contributed by atoms with E-state index in [0.29, 0.717) is 31.6 Å². The molecule has 0 aliphatic carbocycles. The number of rotatable bonds is 6. The molecule has 2 aromatic heterocycles. The number of hydrogen-bond donors (Lipinski definition) is 2. The molecular weight excluding hydrogens is 434 g/mol. The molecule has 3 heterocycles. The first-order valence-corrected chi connectivity index (χ1v) is 12.7. The van der Waals surface area contributed by atoms with Crippen molar-refractivity contribution in [2.45, 2.75) is 59.0 Å². The van der Waals surface area contributed by atoms with E-state index in [1.165, 1.54) is 8.87 Å². The Hall–Kier alpha value is -2.53. The highest BCUT2D eigenvalue weighted by atomic mass is 32.2. The maximum absolute atomic E-state index is 13.3. The number of hydrogen-bond acceptors (Lipinski definition) is 6. The number of pyridine rings is 1. The molecule has 0 saturated carbocycles. The van der Waals surface area contributed by atoms with E-state index in [-0.39, 0.29) is 41.0 Å². The molecule has 0 aromatic carbocycles. The van der Waals surface area contributed by atoms with Gasteiger partial charge < -0.3 is 5.32 Å². The largest absolute Gasteiger partial charge is 0.348 e. The SMILES string of the molecule is CC(C)Cn1c(=O)[nH]c(=O)c2c(C(=O)NC3CCCN(S(C)(=O)=O)C3)cc(C(C)C)nc21. The maximum atomic E-state index is 13.3. The Labute approximate surface area is 187 Å². The van der Waals surface area contributed by atoms with Crippen LogP contribution in [0.3, 0.4) is 0 Å². The Kier molecular flexibility index (Phi) is 6.89. The monoisotopic (exact) mass is 465 g/mol. The van der Waals surface area contributed by atoms with E-state index >= 15 is 0 Å². The van der Waals surface area contributed by atoms with E-state index in [1.54, 1.807) is 6.07 Å². The van der Waals surface area contributed by atoms with Crippen LogP contribution in [0, 0.1) is 5.92 Å². The number of sulfonamides is 1. The van der Waals surface area contributed by atoms with E-state index < -0.39 is 27.2 Å². The van der Waals surface area contributed by atoms with Crippen molar-refractivity contribution in [3.05, 3.63) is 38.2 Å². The van der Waals surface area contributed by atoms with Crippen LogP contribution in [0.4, 0.5) is 0 Å². The number of nitrogens with one attached hydrogen (secondary N) is 2. The molecular formula is C21H31N5O5S. The van der Waals surface area contributed by atoms with Crippen molar-refractivity contribution in [2.24, 2.45) is 5.92 Å². The standard InChI is InChI=1S/C21H31N5O5S/c1-12(2)10-26-18-17(20(28)24-21(26)29)15(9-16(23-18)13(3)4)19(27)22-14-7-6-8-25(11-14)32(5,30)31/h9,12-14H,6-8,10-11H2,1-5H3,(H,22,27)(H,24,28,29). The van der Waals surface area contributed by atoms with Crippen molar-refractivity contribution in [1.82, 2.24) is 24.2 Å². The van der Waals surface area contributed by atoms with Crippen LogP contribution in [0.5, 0.6) is 0 Å². The summed E-state index contributed by atoms with van der Waals surface area (Å²) in [4.78, 5) is 45.4. The summed E-state index contributed by atoms with van der Waals surface area (Å²) in [5, 5.41) is 2.94. The summed E-state index contributed by atoms with van der Waals surface area (Å²) in [6.07, 6.45) is 2.41. The number of aromatic nitrogens is 3. The quantitative estimate of drug-likeness (QED) is 0.654. The molecule has 1 amide bonds. The molecule has 176 valence electrons. The molecule has 1 aliphatic heterocycles. The minimum Gasteiger partial charge on any atom is -0.348 e. The second-order valence-corrected chi connectivity index (χ2v) is 11.1. The van der Waals surface area contributed by atoms with Gasteiger partial charge in [0.2, 0.25) is 10.0 Å². The molecule has 32 heavy (non-hydrogen) atoms.